The second-order valence-corrected chi connectivity index (χ2v) is 4.24. The highest BCUT2D eigenvalue weighted by Crippen LogP contribution is 2.17. The van der Waals surface area contributed by atoms with Crippen LogP contribution in [0.4, 0.5) is 10.1 Å². The molecule has 2 N–H and O–H groups in total. The van der Waals surface area contributed by atoms with E-state index in [1.165, 1.54) is 19.2 Å². The molecular weight excluding hydrogens is 223 g/mol. The van der Waals surface area contributed by atoms with Crippen LogP contribution in [0.5, 0.6) is 0 Å². The fourth-order valence-corrected chi connectivity index (χ4v) is 1.31. The van der Waals surface area contributed by atoms with Crippen LogP contribution in [0, 0.1) is 5.82 Å². The van der Waals surface area contributed by atoms with Crippen LogP contribution in [0.25, 0.3) is 0 Å². The minimum atomic E-state index is -0.777. The molecule has 0 radical (unpaired) electrons. The van der Waals surface area contributed by atoms with Gasteiger partial charge in [0.25, 0.3) is 5.91 Å². The van der Waals surface area contributed by atoms with Crippen molar-refractivity contribution in [2.45, 2.75) is 19.4 Å². The van der Waals surface area contributed by atoms with Crippen molar-refractivity contribution in [3.05, 3.63) is 29.6 Å². The minimum Gasteiger partial charge on any atom is -0.373 e. The van der Waals surface area contributed by atoms with E-state index in [0.717, 1.165) is 6.29 Å². The molecule has 0 bridgehead atoms. The van der Waals surface area contributed by atoms with Crippen LogP contribution in [-0.4, -0.2) is 24.8 Å². The second kappa shape index (κ2) is 4.95. The smallest absolute Gasteiger partial charge is 0.253 e. The maximum atomic E-state index is 13.6. The van der Waals surface area contributed by atoms with Gasteiger partial charge in [0.15, 0.2) is 0 Å². The molecule has 0 unspecified atom stereocenters. The molecule has 0 fully saturated rings. The van der Waals surface area contributed by atoms with Crippen molar-refractivity contribution in [1.29, 1.82) is 0 Å². The van der Waals surface area contributed by atoms with E-state index < -0.39 is 17.3 Å². The molecule has 0 aliphatic heterocycles. The van der Waals surface area contributed by atoms with Crippen LogP contribution in [0.2, 0.25) is 0 Å². The number of hydrogen-bond donors (Lipinski definition) is 2. The predicted octanol–water partition coefficient (Wildman–Crippen LogP) is 1.57. The summed E-state index contributed by atoms with van der Waals surface area (Å²) in [5.41, 5.74) is -0.352. The van der Waals surface area contributed by atoms with E-state index in [-0.39, 0.29) is 5.56 Å². The highest BCUT2D eigenvalue weighted by Gasteiger charge is 2.17. The highest BCUT2D eigenvalue weighted by molar-refractivity contribution is 5.94. The standard InChI is InChI=1S/C12H15FN2O2/c1-12(2,7-16)15-8-4-5-9(10(13)6-8)11(17)14-3/h4-7,15H,1-3H3,(H,14,17). The summed E-state index contributed by atoms with van der Waals surface area (Å²) in [6.07, 6.45) is 0.734. The van der Waals surface area contributed by atoms with Gasteiger partial charge in [0, 0.05) is 12.7 Å². The molecule has 1 aromatic rings. The third-order valence-electron chi connectivity index (χ3n) is 2.20. The summed E-state index contributed by atoms with van der Waals surface area (Å²) in [4.78, 5) is 22.0. The third kappa shape index (κ3) is 3.27. The topological polar surface area (TPSA) is 58.2 Å². The molecule has 0 saturated heterocycles. The molecule has 0 aliphatic carbocycles. The van der Waals surface area contributed by atoms with E-state index in [4.69, 9.17) is 0 Å². The Balaban J connectivity index is 2.97. The Kier molecular flexibility index (Phi) is 3.83. The SMILES string of the molecule is CNC(=O)c1ccc(NC(C)(C)C=O)cc1F. The first-order valence-corrected chi connectivity index (χ1v) is 5.16. The van der Waals surface area contributed by atoms with E-state index in [1.807, 2.05) is 0 Å². The molecule has 0 heterocycles. The Labute approximate surface area is 99.2 Å². The Morgan fingerprint density at radius 2 is 2.06 bits per heavy atom. The van der Waals surface area contributed by atoms with Gasteiger partial charge in [0.2, 0.25) is 0 Å². The lowest BCUT2D eigenvalue weighted by Crippen LogP contribution is -2.32. The minimum absolute atomic E-state index is 0.0260. The molecule has 0 spiro atoms. The maximum absolute atomic E-state index is 13.6. The number of aldehydes is 1. The van der Waals surface area contributed by atoms with Gasteiger partial charge in [-0.3, -0.25) is 4.79 Å². The van der Waals surface area contributed by atoms with Crippen molar-refractivity contribution < 1.29 is 14.0 Å². The number of benzene rings is 1. The van der Waals surface area contributed by atoms with E-state index >= 15 is 0 Å². The van der Waals surface area contributed by atoms with E-state index in [1.54, 1.807) is 19.9 Å². The summed E-state index contributed by atoms with van der Waals surface area (Å²) in [5, 5.41) is 5.20. The lowest BCUT2D eigenvalue weighted by molar-refractivity contribution is -0.110. The van der Waals surface area contributed by atoms with Crippen LogP contribution in [-0.2, 0) is 4.79 Å². The molecule has 0 aromatic heterocycles. The van der Waals surface area contributed by atoms with E-state index in [2.05, 4.69) is 10.6 Å². The van der Waals surface area contributed by atoms with Crippen molar-refractivity contribution in [2.24, 2.45) is 0 Å². The normalized spacial score (nSPS) is 10.8. The molecule has 5 heteroatoms. The van der Waals surface area contributed by atoms with Gasteiger partial charge >= 0.3 is 0 Å². The van der Waals surface area contributed by atoms with E-state index in [9.17, 15) is 14.0 Å². The Morgan fingerprint density at radius 3 is 2.53 bits per heavy atom. The van der Waals surface area contributed by atoms with Crippen LogP contribution in [0.15, 0.2) is 18.2 Å². The van der Waals surface area contributed by atoms with Gasteiger partial charge in [-0.05, 0) is 32.0 Å². The summed E-state index contributed by atoms with van der Waals surface area (Å²) in [5.74, 6) is -1.11. The average molecular weight is 238 g/mol. The van der Waals surface area contributed by atoms with Gasteiger partial charge in [-0.25, -0.2) is 4.39 Å². The Hall–Kier alpha value is -1.91. The molecule has 4 nitrogen and oxygen atoms in total. The first-order valence-electron chi connectivity index (χ1n) is 5.16. The second-order valence-electron chi connectivity index (χ2n) is 4.24. The molecule has 0 atom stereocenters. The molecule has 0 saturated carbocycles. The lowest BCUT2D eigenvalue weighted by atomic mass is 10.1. The summed E-state index contributed by atoms with van der Waals surface area (Å²) >= 11 is 0. The molecule has 17 heavy (non-hydrogen) atoms. The number of anilines is 1. The first kappa shape index (κ1) is 13.2. The van der Waals surface area contributed by atoms with Crippen LogP contribution in [0.3, 0.4) is 0 Å². The number of carbonyl (C=O) groups excluding carboxylic acids is 2. The number of rotatable bonds is 4. The number of halogens is 1. The average Bonchev–Trinajstić information content (AvgIpc) is 2.28. The quantitative estimate of drug-likeness (QED) is 0.783. The van der Waals surface area contributed by atoms with Crippen molar-refractivity contribution in [3.8, 4) is 0 Å². The lowest BCUT2D eigenvalue weighted by Gasteiger charge is -2.20. The number of carbonyl (C=O) groups is 2. The zero-order chi connectivity index (χ0) is 13.1. The number of hydrogen-bond acceptors (Lipinski definition) is 3. The van der Waals surface area contributed by atoms with Crippen LogP contribution in [0.1, 0.15) is 24.2 Å². The Bertz CT molecular complexity index is 444. The van der Waals surface area contributed by atoms with Crippen molar-refractivity contribution >= 4 is 17.9 Å². The van der Waals surface area contributed by atoms with E-state index in [0.29, 0.717) is 5.69 Å². The van der Waals surface area contributed by atoms with Crippen molar-refractivity contribution in [2.75, 3.05) is 12.4 Å². The van der Waals surface area contributed by atoms with Crippen molar-refractivity contribution in [3.63, 3.8) is 0 Å². The summed E-state index contributed by atoms with van der Waals surface area (Å²) in [7, 11) is 1.43. The molecule has 1 aromatic carbocycles. The van der Waals surface area contributed by atoms with Gasteiger partial charge in [0.05, 0.1) is 11.1 Å². The number of nitrogens with one attached hydrogen (secondary N) is 2. The largest absolute Gasteiger partial charge is 0.373 e. The highest BCUT2D eigenvalue weighted by atomic mass is 19.1. The maximum Gasteiger partial charge on any atom is 0.253 e. The van der Waals surface area contributed by atoms with Crippen molar-refractivity contribution in [1.82, 2.24) is 5.32 Å². The fourth-order valence-electron chi connectivity index (χ4n) is 1.31. The summed E-state index contributed by atoms with van der Waals surface area (Å²) < 4.78 is 13.6. The molecule has 92 valence electrons. The summed E-state index contributed by atoms with van der Waals surface area (Å²) in [6, 6.07) is 4.12. The summed E-state index contributed by atoms with van der Waals surface area (Å²) in [6.45, 7) is 3.34. The Morgan fingerprint density at radius 1 is 1.41 bits per heavy atom. The predicted molar refractivity (Wildman–Crippen MR) is 63.6 cm³/mol. The molecule has 1 rings (SSSR count). The van der Waals surface area contributed by atoms with Gasteiger partial charge in [0.1, 0.15) is 12.1 Å². The molecule has 1 amide bonds. The van der Waals surface area contributed by atoms with Gasteiger partial charge in [-0.2, -0.15) is 0 Å². The van der Waals surface area contributed by atoms with Crippen LogP contribution >= 0.6 is 0 Å². The number of amides is 1. The van der Waals surface area contributed by atoms with Crippen LogP contribution < -0.4 is 10.6 Å². The van der Waals surface area contributed by atoms with Gasteiger partial charge in [-0.15, -0.1) is 0 Å². The third-order valence-corrected chi connectivity index (χ3v) is 2.20. The van der Waals surface area contributed by atoms with Gasteiger partial charge in [-0.1, -0.05) is 0 Å². The zero-order valence-corrected chi connectivity index (χ0v) is 10.0. The van der Waals surface area contributed by atoms with Gasteiger partial charge < -0.3 is 15.4 Å². The zero-order valence-electron chi connectivity index (χ0n) is 10.0. The monoisotopic (exact) mass is 238 g/mol. The molecule has 0 aliphatic rings. The fraction of sp³-hybridized carbons (Fsp3) is 0.333. The molecular formula is C12H15FN2O2. The first-order chi connectivity index (χ1) is 7.89.